The largest absolute Gasteiger partial charge is 0.507 e. The summed E-state index contributed by atoms with van der Waals surface area (Å²) >= 11 is -2.01. The smallest absolute Gasteiger partial charge is 0.347 e. The molecule has 2 rings (SSSR count). The van der Waals surface area contributed by atoms with Crippen molar-refractivity contribution in [3.8, 4) is 11.5 Å². The zero-order valence-corrected chi connectivity index (χ0v) is 13.3. The molecule has 2 aromatic rings. The lowest BCUT2D eigenvalue weighted by atomic mass is 10.1. The van der Waals surface area contributed by atoms with Crippen molar-refractivity contribution >= 4 is 23.0 Å². The number of esters is 1. The Hall–Kier alpha value is -2.71. The van der Waals surface area contributed by atoms with Gasteiger partial charge in [-0.3, -0.25) is 4.79 Å². The molecule has 0 aliphatic carbocycles. The van der Waals surface area contributed by atoms with Gasteiger partial charge in [0, 0.05) is 6.54 Å². The van der Waals surface area contributed by atoms with Crippen LogP contribution in [0.25, 0.3) is 0 Å². The van der Waals surface area contributed by atoms with Gasteiger partial charge in [-0.05, 0) is 24.3 Å². The number of phenols is 1. The molecular formula is C16H15NO6S. The van der Waals surface area contributed by atoms with E-state index >= 15 is 0 Å². The van der Waals surface area contributed by atoms with Crippen LogP contribution in [0.2, 0.25) is 0 Å². The first-order chi connectivity index (χ1) is 11.5. The number of carbonyl (C=O) groups is 2. The number of amides is 1. The van der Waals surface area contributed by atoms with Crippen molar-refractivity contribution in [3.05, 3.63) is 59.7 Å². The van der Waals surface area contributed by atoms with Gasteiger partial charge in [0.25, 0.3) is 5.91 Å². The van der Waals surface area contributed by atoms with E-state index in [1.807, 2.05) is 0 Å². The molecule has 0 heterocycles. The second-order valence-electron chi connectivity index (χ2n) is 4.68. The Morgan fingerprint density at radius 2 is 1.67 bits per heavy atom. The maximum absolute atomic E-state index is 12.1. The molecule has 0 aromatic heterocycles. The lowest BCUT2D eigenvalue weighted by Crippen LogP contribution is -2.28. The molecule has 0 saturated heterocycles. The molecule has 0 spiro atoms. The minimum atomic E-state index is -2.01. The first kappa shape index (κ1) is 17.6. The average Bonchev–Trinajstić information content (AvgIpc) is 2.55. The fourth-order valence-electron chi connectivity index (χ4n) is 1.89. The molecule has 0 aliphatic rings. The summed E-state index contributed by atoms with van der Waals surface area (Å²) in [5.74, 6) is -1.65. The second-order valence-corrected chi connectivity index (χ2v) is 5.74. The summed E-state index contributed by atoms with van der Waals surface area (Å²) in [6.07, 6.45) is 0. The summed E-state index contributed by atoms with van der Waals surface area (Å²) in [6, 6.07) is 12.0. The lowest BCUT2D eigenvalue weighted by molar-refractivity contribution is 0.0729. The molecule has 0 saturated carbocycles. The molecule has 0 aliphatic heterocycles. The van der Waals surface area contributed by atoms with Crippen molar-refractivity contribution in [1.82, 2.24) is 5.32 Å². The quantitative estimate of drug-likeness (QED) is 0.414. The first-order valence-corrected chi connectivity index (χ1v) is 8.21. The van der Waals surface area contributed by atoms with Crippen molar-refractivity contribution in [3.63, 3.8) is 0 Å². The van der Waals surface area contributed by atoms with Crippen LogP contribution in [-0.2, 0) is 11.1 Å². The van der Waals surface area contributed by atoms with Gasteiger partial charge in [0.1, 0.15) is 17.1 Å². The van der Waals surface area contributed by atoms with E-state index in [0.29, 0.717) is 0 Å². The van der Waals surface area contributed by atoms with Crippen LogP contribution in [0.1, 0.15) is 20.7 Å². The highest BCUT2D eigenvalue weighted by Gasteiger charge is 2.17. The normalized spacial score (nSPS) is 11.5. The van der Waals surface area contributed by atoms with Gasteiger partial charge in [0.05, 0.1) is 11.3 Å². The molecule has 1 amide bonds. The van der Waals surface area contributed by atoms with Gasteiger partial charge in [-0.15, -0.1) is 0 Å². The highest BCUT2D eigenvalue weighted by molar-refractivity contribution is 7.79. The Morgan fingerprint density at radius 3 is 2.33 bits per heavy atom. The third-order valence-electron chi connectivity index (χ3n) is 3.02. The van der Waals surface area contributed by atoms with E-state index in [0.717, 1.165) is 0 Å². The SMILES string of the molecule is O=C(Oc1ccccc1C(=O)NCCS(=O)O)c1ccccc1O. The van der Waals surface area contributed by atoms with E-state index in [9.17, 15) is 18.9 Å². The third-order valence-corrected chi connectivity index (χ3v) is 3.57. The van der Waals surface area contributed by atoms with Crippen LogP contribution < -0.4 is 10.1 Å². The summed E-state index contributed by atoms with van der Waals surface area (Å²) in [5, 5.41) is 12.1. The molecule has 2 aromatic carbocycles. The monoisotopic (exact) mass is 349 g/mol. The molecule has 0 fully saturated rings. The number of nitrogens with one attached hydrogen (secondary N) is 1. The van der Waals surface area contributed by atoms with Crippen molar-refractivity contribution in [2.75, 3.05) is 12.3 Å². The van der Waals surface area contributed by atoms with Gasteiger partial charge in [-0.25, -0.2) is 9.00 Å². The molecule has 24 heavy (non-hydrogen) atoms. The van der Waals surface area contributed by atoms with Crippen molar-refractivity contribution in [2.45, 2.75) is 0 Å². The summed E-state index contributed by atoms with van der Waals surface area (Å²) in [7, 11) is 0. The standard InChI is InChI=1S/C16H15NO6S/c18-13-7-3-1-5-11(13)16(20)23-14-8-4-2-6-12(14)15(19)17-9-10-24(21)22/h1-8,18H,9-10H2,(H,17,19)(H,21,22). The highest BCUT2D eigenvalue weighted by Crippen LogP contribution is 2.22. The number of aromatic hydroxyl groups is 1. The Bertz CT molecular complexity index is 777. The van der Waals surface area contributed by atoms with Crippen LogP contribution in [0, 0.1) is 0 Å². The summed E-state index contributed by atoms with van der Waals surface area (Å²) in [4.78, 5) is 24.2. The zero-order chi connectivity index (χ0) is 17.5. The van der Waals surface area contributed by atoms with E-state index in [-0.39, 0.29) is 34.9 Å². The van der Waals surface area contributed by atoms with Crippen LogP contribution in [0.4, 0.5) is 0 Å². The molecule has 3 N–H and O–H groups in total. The average molecular weight is 349 g/mol. The van der Waals surface area contributed by atoms with Crippen molar-refractivity contribution in [1.29, 1.82) is 0 Å². The minimum Gasteiger partial charge on any atom is -0.507 e. The topological polar surface area (TPSA) is 113 Å². The molecule has 1 atom stereocenters. The molecule has 126 valence electrons. The Kier molecular flexibility index (Phi) is 6.05. The number of ether oxygens (including phenoxy) is 1. The highest BCUT2D eigenvalue weighted by atomic mass is 32.2. The maximum Gasteiger partial charge on any atom is 0.347 e. The predicted octanol–water partition coefficient (Wildman–Crippen LogP) is 1.56. The van der Waals surface area contributed by atoms with E-state index in [1.54, 1.807) is 24.3 Å². The number of phenolic OH excluding ortho intramolecular Hbond substituents is 1. The van der Waals surface area contributed by atoms with Crippen LogP contribution in [0.5, 0.6) is 11.5 Å². The molecule has 0 radical (unpaired) electrons. The molecule has 8 heteroatoms. The van der Waals surface area contributed by atoms with E-state index in [2.05, 4.69) is 5.32 Å². The number of hydrogen-bond acceptors (Lipinski definition) is 5. The predicted molar refractivity (Wildman–Crippen MR) is 87.5 cm³/mol. The molecule has 7 nitrogen and oxygen atoms in total. The lowest BCUT2D eigenvalue weighted by Gasteiger charge is -2.10. The van der Waals surface area contributed by atoms with Crippen LogP contribution in [-0.4, -0.2) is 38.0 Å². The van der Waals surface area contributed by atoms with Crippen molar-refractivity contribution < 1.29 is 28.2 Å². The van der Waals surface area contributed by atoms with Crippen molar-refractivity contribution in [2.24, 2.45) is 0 Å². The van der Waals surface area contributed by atoms with E-state index in [1.165, 1.54) is 24.3 Å². The van der Waals surface area contributed by atoms with Crippen LogP contribution in [0.3, 0.4) is 0 Å². The second kappa shape index (κ2) is 8.23. The minimum absolute atomic E-state index is 0.00367. The molecular weight excluding hydrogens is 334 g/mol. The number of rotatable bonds is 6. The Morgan fingerprint density at radius 1 is 1.04 bits per heavy atom. The Balaban J connectivity index is 2.14. The third kappa shape index (κ3) is 4.64. The van der Waals surface area contributed by atoms with Gasteiger partial charge in [-0.1, -0.05) is 24.3 Å². The summed E-state index contributed by atoms with van der Waals surface area (Å²) in [5.41, 5.74) is 0.0772. The van der Waals surface area contributed by atoms with E-state index in [4.69, 9.17) is 9.29 Å². The Labute approximate surface area is 140 Å². The number of para-hydroxylation sites is 2. The number of benzene rings is 2. The maximum atomic E-state index is 12.1. The fraction of sp³-hybridized carbons (Fsp3) is 0.125. The molecule has 1 unspecified atom stereocenters. The summed E-state index contributed by atoms with van der Waals surface area (Å²) < 4.78 is 24.5. The van der Waals surface area contributed by atoms with Gasteiger partial charge in [-0.2, -0.15) is 0 Å². The number of carbonyl (C=O) groups excluding carboxylic acids is 2. The van der Waals surface area contributed by atoms with E-state index < -0.39 is 23.0 Å². The number of hydrogen-bond donors (Lipinski definition) is 3. The van der Waals surface area contributed by atoms with Crippen LogP contribution >= 0.6 is 0 Å². The van der Waals surface area contributed by atoms with Gasteiger partial charge in [0.15, 0.2) is 11.1 Å². The van der Waals surface area contributed by atoms with Gasteiger partial charge < -0.3 is 19.7 Å². The molecule has 0 bridgehead atoms. The van der Waals surface area contributed by atoms with Gasteiger partial charge >= 0.3 is 5.97 Å². The van der Waals surface area contributed by atoms with Gasteiger partial charge in [0.2, 0.25) is 0 Å². The first-order valence-electron chi connectivity index (χ1n) is 6.94. The zero-order valence-electron chi connectivity index (χ0n) is 12.5. The van der Waals surface area contributed by atoms with Crippen LogP contribution in [0.15, 0.2) is 48.5 Å². The fourth-order valence-corrected chi connectivity index (χ4v) is 2.17. The summed E-state index contributed by atoms with van der Waals surface area (Å²) in [6.45, 7) is 0.00367.